The quantitative estimate of drug-likeness (QED) is 0.780. The van der Waals surface area contributed by atoms with Crippen LogP contribution >= 0.6 is 11.6 Å². The number of ether oxygens (including phenoxy) is 1. The predicted molar refractivity (Wildman–Crippen MR) is 71.3 cm³/mol. The Morgan fingerprint density at radius 1 is 1.56 bits per heavy atom. The number of amides is 1. The van der Waals surface area contributed by atoms with Crippen LogP contribution in [-0.2, 0) is 0 Å². The van der Waals surface area contributed by atoms with Gasteiger partial charge in [-0.1, -0.05) is 11.6 Å². The zero-order valence-electron chi connectivity index (χ0n) is 10.6. The lowest BCUT2D eigenvalue weighted by Gasteiger charge is -2.10. The summed E-state index contributed by atoms with van der Waals surface area (Å²) < 4.78 is 5.11. The van der Waals surface area contributed by atoms with Crippen molar-refractivity contribution in [2.24, 2.45) is 0 Å². The molecule has 0 bridgehead atoms. The molecule has 1 rings (SSSR count). The van der Waals surface area contributed by atoms with E-state index in [1.807, 2.05) is 0 Å². The van der Waals surface area contributed by atoms with E-state index in [1.165, 1.54) is 7.11 Å². The lowest BCUT2D eigenvalue weighted by Crippen LogP contribution is -2.25. The summed E-state index contributed by atoms with van der Waals surface area (Å²) in [7, 11) is 1.50. The van der Waals surface area contributed by atoms with Crippen LogP contribution in [0.15, 0.2) is 18.2 Å². The minimum atomic E-state index is -0.341. The second kappa shape index (κ2) is 7.24. The Balaban J connectivity index is 2.56. The fraction of sp³-hybridized carbons (Fsp3) is 0.462. The van der Waals surface area contributed by atoms with Crippen molar-refractivity contribution in [1.29, 1.82) is 0 Å². The molecule has 0 aliphatic heterocycles. The molecule has 18 heavy (non-hydrogen) atoms. The first-order valence-electron chi connectivity index (χ1n) is 5.84. The van der Waals surface area contributed by atoms with Crippen molar-refractivity contribution < 1.29 is 14.6 Å². The average Bonchev–Trinajstić information content (AvgIpc) is 2.33. The van der Waals surface area contributed by atoms with E-state index in [-0.39, 0.29) is 12.0 Å². The summed E-state index contributed by atoms with van der Waals surface area (Å²) in [4.78, 5) is 11.9. The summed E-state index contributed by atoms with van der Waals surface area (Å²) in [5, 5.41) is 12.4. The molecule has 0 fully saturated rings. The van der Waals surface area contributed by atoms with E-state index < -0.39 is 0 Å². The maximum Gasteiger partial charge on any atom is 0.255 e. The number of nitrogens with one attached hydrogen (secondary N) is 1. The SMILES string of the molecule is COc1cc(Cl)ccc1C(=O)NCCCC(C)O. The fourth-order valence-corrected chi connectivity index (χ4v) is 1.71. The van der Waals surface area contributed by atoms with Crippen LogP contribution < -0.4 is 10.1 Å². The molecule has 1 amide bonds. The van der Waals surface area contributed by atoms with E-state index in [4.69, 9.17) is 21.4 Å². The Kier molecular flexibility index (Phi) is 5.95. The third-order valence-electron chi connectivity index (χ3n) is 2.49. The van der Waals surface area contributed by atoms with Crippen molar-refractivity contribution in [1.82, 2.24) is 5.32 Å². The Labute approximate surface area is 112 Å². The second-order valence-corrected chi connectivity index (χ2v) is 4.53. The minimum Gasteiger partial charge on any atom is -0.496 e. The van der Waals surface area contributed by atoms with E-state index in [2.05, 4.69) is 5.32 Å². The van der Waals surface area contributed by atoms with Gasteiger partial charge in [0.2, 0.25) is 0 Å². The van der Waals surface area contributed by atoms with Crippen molar-refractivity contribution in [3.05, 3.63) is 28.8 Å². The maximum absolute atomic E-state index is 11.9. The van der Waals surface area contributed by atoms with Crippen molar-refractivity contribution in [3.8, 4) is 5.75 Å². The first-order chi connectivity index (χ1) is 8.54. The Morgan fingerprint density at radius 2 is 2.28 bits per heavy atom. The lowest BCUT2D eigenvalue weighted by molar-refractivity contribution is 0.0946. The molecule has 5 heteroatoms. The van der Waals surface area contributed by atoms with E-state index in [0.717, 1.165) is 6.42 Å². The molecule has 1 atom stereocenters. The van der Waals surface area contributed by atoms with E-state index in [1.54, 1.807) is 25.1 Å². The molecule has 0 aliphatic carbocycles. The Morgan fingerprint density at radius 3 is 2.89 bits per heavy atom. The van der Waals surface area contributed by atoms with Gasteiger partial charge in [0.05, 0.1) is 18.8 Å². The summed E-state index contributed by atoms with van der Waals surface area (Å²) >= 11 is 5.82. The zero-order valence-corrected chi connectivity index (χ0v) is 11.3. The fourth-order valence-electron chi connectivity index (χ4n) is 1.55. The molecule has 0 spiro atoms. The van der Waals surface area contributed by atoms with Gasteiger partial charge in [-0.25, -0.2) is 0 Å². The first kappa shape index (κ1) is 14.8. The largest absolute Gasteiger partial charge is 0.496 e. The smallest absolute Gasteiger partial charge is 0.255 e. The standard InChI is InChI=1S/C13H18ClNO3/c1-9(16)4-3-7-15-13(17)11-6-5-10(14)8-12(11)18-2/h5-6,8-9,16H,3-4,7H2,1-2H3,(H,15,17). The number of hydrogen-bond acceptors (Lipinski definition) is 3. The molecular formula is C13H18ClNO3. The van der Waals surface area contributed by atoms with Gasteiger partial charge >= 0.3 is 0 Å². The van der Waals surface area contributed by atoms with Crippen LogP contribution in [0.25, 0.3) is 0 Å². The van der Waals surface area contributed by atoms with Crippen LogP contribution in [0.2, 0.25) is 5.02 Å². The zero-order chi connectivity index (χ0) is 13.5. The molecule has 4 nitrogen and oxygen atoms in total. The van der Waals surface area contributed by atoms with Crippen molar-refractivity contribution in [3.63, 3.8) is 0 Å². The molecule has 0 aromatic heterocycles. The number of rotatable bonds is 6. The number of hydrogen-bond donors (Lipinski definition) is 2. The van der Waals surface area contributed by atoms with Crippen molar-refractivity contribution >= 4 is 17.5 Å². The van der Waals surface area contributed by atoms with Gasteiger partial charge in [-0.05, 0) is 38.0 Å². The summed E-state index contributed by atoms with van der Waals surface area (Å²) in [5.41, 5.74) is 0.457. The van der Waals surface area contributed by atoms with Gasteiger partial charge in [-0.3, -0.25) is 4.79 Å². The van der Waals surface area contributed by atoms with Crippen LogP contribution in [0.4, 0.5) is 0 Å². The number of aliphatic hydroxyl groups excluding tert-OH is 1. The highest BCUT2D eigenvalue weighted by Gasteiger charge is 2.11. The number of carbonyl (C=O) groups is 1. The van der Waals surface area contributed by atoms with Gasteiger partial charge in [0.15, 0.2) is 0 Å². The highest BCUT2D eigenvalue weighted by molar-refractivity contribution is 6.30. The van der Waals surface area contributed by atoms with Gasteiger partial charge < -0.3 is 15.2 Å². The topological polar surface area (TPSA) is 58.6 Å². The molecule has 0 saturated carbocycles. The normalized spacial score (nSPS) is 12.0. The van der Waals surface area contributed by atoms with Gasteiger partial charge in [-0.15, -0.1) is 0 Å². The molecule has 0 saturated heterocycles. The van der Waals surface area contributed by atoms with Crippen LogP contribution in [0, 0.1) is 0 Å². The minimum absolute atomic E-state index is 0.200. The number of methoxy groups -OCH3 is 1. The third-order valence-corrected chi connectivity index (χ3v) is 2.73. The molecule has 0 aliphatic rings. The Hall–Kier alpha value is -1.26. The molecule has 0 heterocycles. The van der Waals surface area contributed by atoms with E-state index in [0.29, 0.717) is 29.3 Å². The van der Waals surface area contributed by atoms with Crippen LogP contribution in [-0.4, -0.2) is 30.8 Å². The van der Waals surface area contributed by atoms with Gasteiger partial charge in [0.25, 0.3) is 5.91 Å². The monoisotopic (exact) mass is 271 g/mol. The predicted octanol–water partition coefficient (Wildman–Crippen LogP) is 2.24. The van der Waals surface area contributed by atoms with Gasteiger partial charge in [0.1, 0.15) is 5.75 Å². The summed E-state index contributed by atoms with van der Waals surface area (Å²) in [6.45, 7) is 2.25. The van der Waals surface area contributed by atoms with Gasteiger partial charge in [-0.2, -0.15) is 0 Å². The molecule has 0 radical (unpaired) electrons. The number of halogens is 1. The highest BCUT2D eigenvalue weighted by Crippen LogP contribution is 2.22. The molecule has 1 aromatic carbocycles. The maximum atomic E-state index is 11.9. The van der Waals surface area contributed by atoms with Crippen LogP contribution in [0.1, 0.15) is 30.1 Å². The number of aliphatic hydroxyl groups is 1. The molecule has 1 aromatic rings. The molecule has 2 N–H and O–H groups in total. The van der Waals surface area contributed by atoms with Gasteiger partial charge in [0, 0.05) is 11.6 Å². The van der Waals surface area contributed by atoms with Crippen molar-refractivity contribution in [2.45, 2.75) is 25.9 Å². The van der Waals surface area contributed by atoms with Crippen LogP contribution in [0.3, 0.4) is 0 Å². The summed E-state index contributed by atoms with van der Waals surface area (Å²) in [5.74, 6) is 0.254. The highest BCUT2D eigenvalue weighted by atomic mass is 35.5. The average molecular weight is 272 g/mol. The lowest BCUT2D eigenvalue weighted by atomic mass is 10.1. The van der Waals surface area contributed by atoms with Crippen molar-refractivity contribution in [2.75, 3.05) is 13.7 Å². The third kappa shape index (κ3) is 4.55. The molecular weight excluding hydrogens is 254 g/mol. The number of carbonyl (C=O) groups excluding carboxylic acids is 1. The molecule has 100 valence electrons. The molecule has 1 unspecified atom stereocenters. The summed E-state index contributed by atoms with van der Waals surface area (Å²) in [6, 6.07) is 4.88. The first-order valence-corrected chi connectivity index (χ1v) is 6.22. The number of benzene rings is 1. The van der Waals surface area contributed by atoms with Crippen LogP contribution in [0.5, 0.6) is 5.75 Å². The van der Waals surface area contributed by atoms with E-state index in [9.17, 15) is 4.79 Å². The summed E-state index contributed by atoms with van der Waals surface area (Å²) in [6.07, 6.45) is 1.06. The second-order valence-electron chi connectivity index (χ2n) is 4.09. The Bertz CT molecular complexity index is 407. The van der Waals surface area contributed by atoms with E-state index >= 15 is 0 Å².